The van der Waals surface area contributed by atoms with Gasteiger partial charge >= 0.3 is 0 Å². The Labute approximate surface area is 115 Å². The zero-order chi connectivity index (χ0) is 13.9. The quantitative estimate of drug-likeness (QED) is 0.869. The Kier molecular flexibility index (Phi) is 4.06. The number of aliphatic hydroxyl groups is 1. The minimum Gasteiger partial charge on any atom is -0.385 e. The van der Waals surface area contributed by atoms with Crippen LogP contribution in [0.1, 0.15) is 35.6 Å². The van der Waals surface area contributed by atoms with E-state index in [1.54, 1.807) is 0 Å². The summed E-state index contributed by atoms with van der Waals surface area (Å²) in [6.07, 6.45) is 1.38. The van der Waals surface area contributed by atoms with E-state index in [0.29, 0.717) is 12.8 Å². The molecule has 0 spiro atoms. The van der Waals surface area contributed by atoms with Crippen molar-refractivity contribution in [1.82, 2.24) is 0 Å². The van der Waals surface area contributed by atoms with Crippen molar-refractivity contribution in [2.45, 2.75) is 39.2 Å². The van der Waals surface area contributed by atoms with Crippen LogP contribution in [-0.2, 0) is 12.0 Å². The Bertz CT molecular complexity index is 545. The Morgan fingerprint density at radius 3 is 2.32 bits per heavy atom. The van der Waals surface area contributed by atoms with Gasteiger partial charge in [-0.15, -0.1) is 0 Å². The average Bonchev–Trinajstić information content (AvgIpc) is 2.42. The maximum absolute atomic E-state index is 11.1. The van der Waals surface area contributed by atoms with Crippen molar-refractivity contribution in [2.75, 3.05) is 0 Å². The smallest absolute Gasteiger partial charge is 0.0936 e. The number of benzene rings is 2. The van der Waals surface area contributed by atoms with Gasteiger partial charge in [0.05, 0.1) is 5.60 Å². The summed E-state index contributed by atoms with van der Waals surface area (Å²) in [5.41, 5.74) is 3.80. The average molecular weight is 254 g/mol. The largest absolute Gasteiger partial charge is 0.385 e. The van der Waals surface area contributed by atoms with Crippen LogP contribution in [0.15, 0.2) is 48.5 Å². The summed E-state index contributed by atoms with van der Waals surface area (Å²) in [6.45, 7) is 6.19. The minimum absolute atomic E-state index is 0.661. The first-order valence-corrected chi connectivity index (χ1v) is 6.89. The molecule has 0 saturated heterocycles. The van der Waals surface area contributed by atoms with Crippen LogP contribution in [0.5, 0.6) is 0 Å². The highest BCUT2D eigenvalue weighted by Crippen LogP contribution is 2.32. The van der Waals surface area contributed by atoms with E-state index in [-0.39, 0.29) is 0 Å². The first-order valence-electron chi connectivity index (χ1n) is 6.89. The van der Waals surface area contributed by atoms with Gasteiger partial charge < -0.3 is 5.11 Å². The summed E-state index contributed by atoms with van der Waals surface area (Å²) in [5, 5.41) is 11.1. The third-order valence-corrected chi connectivity index (χ3v) is 3.82. The van der Waals surface area contributed by atoms with Gasteiger partial charge in [-0.1, -0.05) is 61.0 Å². The highest BCUT2D eigenvalue weighted by molar-refractivity contribution is 5.36. The molecule has 1 atom stereocenters. The van der Waals surface area contributed by atoms with Gasteiger partial charge in [-0.05, 0) is 37.0 Å². The van der Waals surface area contributed by atoms with Crippen molar-refractivity contribution in [3.8, 4) is 0 Å². The van der Waals surface area contributed by atoms with E-state index >= 15 is 0 Å². The van der Waals surface area contributed by atoms with E-state index < -0.39 is 5.60 Å². The van der Waals surface area contributed by atoms with E-state index in [0.717, 1.165) is 11.1 Å². The molecule has 0 heterocycles. The molecule has 2 rings (SSSR count). The SMILES string of the molecule is CCC(O)(Cc1ccccc1)c1cc(C)ccc1C. The second-order valence-electron chi connectivity index (χ2n) is 5.37. The van der Waals surface area contributed by atoms with Gasteiger partial charge in [-0.25, -0.2) is 0 Å². The minimum atomic E-state index is -0.780. The van der Waals surface area contributed by atoms with E-state index in [1.165, 1.54) is 11.1 Å². The second kappa shape index (κ2) is 5.58. The fourth-order valence-corrected chi connectivity index (χ4v) is 2.58. The molecule has 0 bridgehead atoms. The van der Waals surface area contributed by atoms with Crippen LogP contribution < -0.4 is 0 Å². The van der Waals surface area contributed by atoms with Crippen molar-refractivity contribution in [3.05, 3.63) is 70.8 Å². The Hall–Kier alpha value is -1.60. The third-order valence-electron chi connectivity index (χ3n) is 3.82. The lowest BCUT2D eigenvalue weighted by molar-refractivity contribution is 0.0320. The Morgan fingerprint density at radius 1 is 1.00 bits per heavy atom. The molecule has 1 unspecified atom stereocenters. The van der Waals surface area contributed by atoms with Gasteiger partial charge in [-0.2, -0.15) is 0 Å². The molecule has 0 saturated carbocycles. The summed E-state index contributed by atoms with van der Waals surface area (Å²) in [5.74, 6) is 0. The molecule has 0 aromatic heterocycles. The molecule has 0 aliphatic carbocycles. The summed E-state index contributed by atoms with van der Waals surface area (Å²) >= 11 is 0. The van der Waals surface area contributed by atoms with Crippen LogP contribution in [0.3, 0.4) is 0 Å². The Morgan fingerprint density at radius 2 is 1.68 bits per heavy atom. The summed E-state index contributed by atoms with van der Waals surface area (Å²) in [7, 11) is 0. The summed E-state index contributed by atoms with van der Waals surface area (Å²) in [6, 6.07) is 16.5. The molecule has 0 radical (unpaired) electrons. The van der Waals surface area contributed by atoms with Crippen LogP contribution in [-0.4, -0.2) is 5.11 Å². The highest BCUT2D eigenvalue weighted by atomic mass is 16.3. The first kappa shape index (κ1) is 13.8. The van der Waals surface area contributed by atoms with Crippen LogP contribution in [0.25, 0.3) is 0 Å². The maximum atomic E-state index is 11.1. The lowest BCUT2D eigenvalue weighted by Crippen LogP contribution is -2.28. The van der Waals surface area contributed by atoms with Crippen molar-refractivity contribution in [2.24, 2.45) is 0 Å². The fraction of sp³-hybridized carbons (Fsp3) is 0.333. The summed E-state index contributed by atoms with van der Waals surface area (Å²) in [4.78, 5) is 0. The van der Waals surface area contributed by atoms with Gasteiger partial charge in [0.1, 0.15) is 0 Å². The van der Waals surface area contributed by atoms with Crippen LogP contribution in [0.2, 0.25) is 0 Å². The zero-order valence-corrected chi connectivity index (χ0v) is 12.0. The number of rotatable bonds is 4. The molecule has 2 aromatic rings. The molecule has 100 valence electrons. The lowest BCUT2D eigenvalue weighted by Gasteiger charge is -2.29. The standard InChI is InChI=1S/C18H22O/c1-4-18(19,13-16-8-6-5-7-9-16)17-12-14(2)10-11-15(17)3/h5-12,19H,4,13H2,1-3H3. The van der Waals surface area contributed by atoms with E-state index in [2.05, 4.69) is 44.2 Å². The van der Waals surface area contributed by atoms with Crippen molar-refractivity contribution in [3.63, 3.8) is 0 Å². The van der Waals surface area contributed by atoms with Gasteiger partial charge in [0.2, 0.25) is 0 Å². The van der Waals surface area contributed by atoms with E-state index in [4.69, 9.17) is 0 Å². The third kappa shape index (κ3) is 3.05. The zero-order valence-electron chi connectivity index (χ0n) is 12.0. The molecule has 19 heavy (non-hydrogen) atoms. The molecular weight excluding hydrogens is 232 g/mol. The normalized spacial score (nSPS) is 14.1. The molecule has 2 aromatic carbocycles. The number of hydrogen-bond acceptors (Lipinski definition) is 1. The predicted molar refractivity (Wildman–Crippen MR) is 80.2 cm³/mol. The topological polar surface area (TPSA) is 20.2 Å². The lowest BCUT2D eigenvalue weighted by atomic mass is 9.82. The maximum Gasteiger partial charge on any atom is 0.0936 e. The Balaban J connectivity index is 2.39. The molecule has 0 aliphatic heterocycles. The molecule has 1 heteroatoms. The molecule has 0 amide bonds. The van der Waals surface area contributed by atoms with Gasteiger partial charge in [0, 0.05) is 6.42 Å². The van der Waals surface area contributed by atoms with E-state index in [1.807, 2.05) is 25.1 Å². The molecule has 0 aliphatic rings. The second-order valence-corrected chi connectivity index (χ2v) is 5.37. The van der Waals surface area contributed by atoms with Crippen molar-refractivity contribution < 1.29 is 5.11 Å². The van der Waals surface area contributed by atoms with Gasteiger partial charge in [-0.3, -0.25) is 0 Å². The first-order chi connectivity index (χ1) is 9.05. The molecule has 0 fully saturated rings. The van der Waals surface area contributed by atoms with Crippen molar-refractivity contribution >= 4 is 0 Å². The molecular formula is C18H22O. The monoisotopic (exact) mass is 254 g/mol. The van der Waals surface area contributed by atoms with Crippen LogP contribution >= 0.6 is 0 Å². The summed E-state index contributed by atoms with van der Waals surface area (Å²) < 4.78 is 0. The van der Waals surface area contributed by atoms with E-state index in [9.17, 15) is 5.11 Å². The molecule has 1 nitrogen and oxygen atoms in total. The van der Waals surface area contributed by atoms with Crippen molar-refractivity contribution in [1.29, 1.82) is 0 Å². The van der Waals surface area contributed by atoms with Crippen LogP contribution in [0.4, 0.5) is 0 Å². The fourth-order valence-electron chi connectivity index (χ4n) is 2.58. The predicted octanol–water partition coefficient (Wildman–Crippen LogP) is 4.14. The van der Waals surface area contributed by atoms with Crippen LogP contribution in [0, 0.1) is 13.8 Å². The highest BCUT2D eigenvalue weighted by Gasteiger charge is 2.29. The molecule has 1 N–H and O–H groups in total. The van der Waals surface area contributed by atoms with Gasteiger partial charge in [0.15, 0.2) is 0 Å². The number of hydrogen-bond donors (Lipinski definition) is 1. The number of aryl methyl sites for hydroxylation is 2. The van der Waals surface area contributed by atoms with Gasteiger partial charge in [0.25, 0.3) is 0 Å².